The van der Waals surface area contributed by atoms with Crippen LogP contribution in [-0.4, -0.2) is 24.2 Å². The Labute approximate surface area is 199 Å². The Morgan fingerprint density at radius 2 is 1.85 bits per heavy atom. The SMILES string of the molecule is Cc1cc(N2CCCCC2=O)ccc1NC(=O)C(Oc1cccc(C(=N)N)c1)c1ccccc1. The van der Waals surface area contributed by atoms with Crippen molar-refractivity contribution in [2.24, 2.45) is 5.73 Å². The average Bonchev–Trinajstić information content (AvgIpc) is 2.85. The van der Waals surface area contributed by atoms with Crippen molar-refractivity contribution in [3.05, 3.63) is 89.5 Å². The Balaban J connectivity index is 1.57. The summed E-state index contributed by atoms with van der Waals surface area (Å²) >= 11 is 0. The first-order valence-corrected chi connectivity index (χ1v) is 11.3. The van der Waals surface area contributed by atoms with E-state index in [-0.39, 0.29) is 17.6 Å². The summed E-state index contributed by atoms with van der Waals surface area (Å²) in [7, 11) is 0. The van der Waals surface area contributed by atoms with Crippen molar-refractivity contribution in [1.29, 1.82) is 5.41 Å². The second kappa shape index (κ2) is 10.2. The lowest BCUT2D eigenvalue weighted by Crippen LogP contribution is -2.35. The molecule has 4 N–H and O–H groups in total. The molecule has 4 rings (SSSR count). The Hall–Kier alpha value is -4.13. The van der Waals surface area contributed by atoms with Gasteiger partial charge in [0.2, 0.25) is 12.0 Å². The number of rotatable bonds is 7. The van der Waals surface area contributed by atoms with Gasteiger partial charge in [-0.2, -0.15) is 0 Å². The summed E-state index contributed by atoms with van der Waals surface area (Å²) in [6.45, 7) is 2.62. The number of hydrogen-bond acceptors (Lipinski definition) is 4. The number of amidine groups is 1. The van der Waals surface area contributed by atoms with Gasteiger partial charge >= 0.3 is 0 Å². The monoisotopic (exact) mass is 456 g/mol. The molecule has 3 aromatic rings. The second-order valence-electron chi connectivity index (χ2n) is 8.34. The number of anilines is 2. The third kappa shape index (κ3) is 5.26. The van der Waals surface area contributed by atoms with Crippen LogP contribution in [0.1, 0.15) is 42.1 Å². The van der Waals surface area contributed by atoms with Crippen molar-refractivity contribution in [2.45, 2.75) is 32.3 Å². The molecule has 2 amide bonds. The summed E-state index contributed by atoms with van der Waals surface area (Å²) in [4.78, 5) is 27.4. The van der Waals surface area contributed by atoms with Gasteiger partial charge in [-0.1, -0.05) is 42.5 Å². The second-order valence-corrected chi connectivity index (χ2v) is 8.34. The van der Waals surface area contributed by atoms with Crippen molar-refractivity contribution in [3.8, 4) is 5.75 Å². The quantitative estimate of drug-likeness (QED) is 0.358. The van der Waals surface area contributed by atoms with E-state index in [0.29, 0.717) is 35.5 Å². The highest BCUT2D eigenvalue weighted by atomic mass is 16.5. The smallest absolute Gasteiger partial charge is 0.270 e. The molecule has 0 bridgehead atoms. The minimum atomic E-state index is -0.911. The number of nitrogens with one attached hydrogen (secondary N) is 2. The fraction of sp³-hybridized carbons (Fsp3) is 0.222. The molecule has 1 aliphatic rings. The Bertz CT molecular complexity index is 1210. The molecule has 7 heteroatoms. The van der Waals surface area contributed by atoms with Gasteiger partial charge in [0.1, 0.15) is 11.6 Å². The fourth-order valence-corrected chi connectivity index (χ4v) is 4.01. The van der Waals surface area contributed by atoms with E-state index in [1.54, 1.807) is 29.2 Å². The van der Waals surface area contributed by atoms with Crippen molar-refractivity contribution in [3.63, 3.8) is 0 Å². The molecule has 1 unspecified atom stereocenters. The van der Waals surface area contributed by atoms with Crippen molar-refractivity contribution < 1.29 is 14.3 Å². The number of ether oxygens (including phenoxy) is 1. The number of carbonyl (C=O) groups excluding carboxylic acids is 2. The Morgan fingerprint density at radius 3 is 2.56 bits per heavy atom. The Kier molecular flexibility index (Phi) is 6.92. The molecule has 0 aromatic heterocycles. The summed E-state index contributed by atoms with van der Waals surface area (Å²) in [6.07, 6.45) is 1.58. The zero-order valence-electron chi connectivity index (χ0n) is 19.1. The number of benzene rings is 3. The topological polar surface area (TPSA) is 109 Å². The first-order chi connectivity index (χ1) is 16.4. The molecule has 0 spiro atoms. The summed E-state index contributed by atoms with van der Waals surface area (Å²) in [6, 6.07) is 21.7. The summed E-state index contributed by atoms with van der Waals surface area (Å²) < 4.78 is 6.08. The molecule has 1 heterocycles. The largest absolute Gasteiger partial charge is 0.476 e. The minimum Gasteiger partial charge on any atom is -0.476 e. The lowest BCUT2D eigenvalue weighted by atomic mass is 10.1. The number of nitrogens with zero attached hydrogens (tertiary/aromatic N) is 1. The molecule has 34 heavy (non-hydrogen) atoms. The number of hydrogen-bond donors (Lipinski definition) is 3. The lowest BCUT2D eigenvalue weighted by Gasteiger charge is -2.27. The van der Waals surface area contributed by atoms with E-state index in [2.05, 4.69) is 5.32 Å². The van der Waals surface area contributed by atoms with Gasteiger partial charge in [-0.25, -0.2) is 0 Å². The van der Waals surface area contributed by atoms with Crippen molar-refractivity contribution in [2.75, 3.05) is 16.8 Å². The zero-order chi connectivity index (χ0) is 24.1. The average molecular weight is 457 g/mol. The van der Waals surface area contributed by atoms with E-state index in [4.69, 9.17) is 15.9 Å². The lowest BCUT2D eigenvalue weighted by molar-refractivity contribution is -0.123. The molecule has 0 radical (unpaired) electrons. The van der Waals surface area contributed by atoms with Gasteiger partial charge in [0.05, 0.1) is 0 Å². The molecule has 0 aliphatic carbocycles. The van der Waals surface area contributed by atoms with E-state index in [9.17, 15) is 9.59 Å². The predicted octanol–water partition coefficient (Wildman–Crippen LogP) is 4.55. The van der Waals surface area contributed by atoms with Gasteiger partial charge in [-0.05, 0) is 55.7 Å². The Morgan fingerprint density at radius 1 is 1.06 bits per heavy atom. The van der Waals surface area contributed by atoms with Crippen LogP contribution in [0.5, 0.6) is 5.75 Å². The standard InChI is InChI=1S/C27H28N4O3/c1-18-16-21(31-15-6-5-12-24(31)32)13-14-23(18)30-27(33)25(19-8-3-2-4-9-19)34-22-11-7-10-20(17-22)26(28)29/h2-4,7-11,13-14,16-17,25H,5-6,12,15H2,1H3,(H3,28,29)(H,30,33). The third-order valence-corrected chi connectivity index (χ3v) is 5.84. The number of aryl methyl sites for hydroxylation is 1. The van der Waals surface area contributed by atoms with Gasteiger partial charge in [0, 0.05) is 35.5 Å². The van der Waals surface area contributed by atoms with Gasteiger partial charge in [0.25, 0.3) is 5.91 Å². The first-order valence-electron chi connectivity index (χ1n) is 11.3. The van der Waals surface area contributed by atoms with Gasteiger partial charge < -0.3 is 20.7 Å². The maximum absolute atomic E-state index is 13.4. The third-order valence-electron chi connectivity index (χ3n) is 5.84. The van der Waals surface area contributed by atoms with Crippen molar-refractivity contribution in [1.82, 2.24) is 0 Å². The number of nitrogens with two attached hydrogens (primary N) is 1. The van der Waals surface area contributed by atoms with E-state index in [0.717, 1.165) is 24.1 Å². The van der Waals surface area contributed by atoms with Crippen LogP contribution in [0.15, 0.2) is 72.8 Å². The molecule has 174 valence electrons. The molecular formula is C27H28N4O3. The maximum atomic E-state index is 13.4. The van der Waals surface area contributed by atoms with Gasteiger partial charge in [-0.15, -0.1) is 0 Å². The zero-order valence-corrected chi connectivity index (χ0v) is 19.1. The highest BCUT2D eigenvalue weighted by Gasteiger charge is 2.24. The molecule has 1 fully saturated rings. The molecule has 1 atom stereocenters. The van der Waals surface area contributed by atoms with Crippen molar-refractivity contribution >= 4 is 29.0 Å². The van der Waals surface area contributed by atoms with Crippen LogP contribution >= 0.6 is 0 Å². The van der Waals surface area contributed by atoms with Crippen LogP contribution in [0.25, 0.3) is 0 Å². The van der Waals surface area contributed by atoms with Crippen LogP contribution in [0.3, 0.4) is 0 Å². The minimum absolute atomic E-state index is 0.0749. The van der Waals surface area contributed by atoms with E-state index < -0.39 is 6.10 Å². The summed E-state index contributed by atoms with van der Waals surface area (Å²) in [5.41, 5.74) is 9.17. The van der Waals surface area contributed by atoms with Gasteiger partial charge in [0.15, 0.2) is 0 Å². The number of piperidine rings is 1. The fourth-order valence-electron chi connectivity index (χ4n) is 4.01. The normalized spacial score (nSPS) is 14.4. The molecule has 0 saturated carbocycles. The maximum Gasteiger partial charge on any atom is 0.270 e. The van der Waals surface area contributed by atoms with Crippen LogP contribution in [0.4, 0.5) is 11.4 Å². The number of nitrogen functional groups attached to an aromatic ring is 1. The molecule has 1 aliphatic heterocycles. The molecular weight excluding hydrogens is 428 g/mol. The number of amides is 2. The highest BCUT2D eigenvalue weighted by Crippen LogP contribution is 2.28. The van der Waals surface area contributed by atoms with E-state index >= 15 is 0 Å². The van der Waals surface area contributed by atoms with Gasteiger partial charge in [-0.3, -0.25) is 15.0 Å². The molecule has 3 aromatic carbocycles. The molecule has 7 nitrogen and oxygen atoms in total. The van der Waals surface area contributed by atoms with Crippen LogP contribution < -0.4 is 20.7 Å². The predicted molar refractivity (Wildman–Crippen MR) is 133 cm³/mol. The number of carbonyl (C=O) groups is 2. The van der Waals surface area contributed by atoms with Crippen LogP contribution in [-0.2, 0) is 9.59 Å². The first kappa shape index (κ1) is 23.0. The van der Waals surface area contributed by atoms with E-state index in [1.165, 1.54) is 0 Å². The van der Waals surface area contributed by atoms with E-state index in [1.807, 2.05) is 55.5 Å². The highest BCUT2D eigenvalue weighted by molar-refractivity contribution is 5.98. The summed E-state index contributed by atoms with van der Waals surface area (Å²) in [5, 5.41) is 10.6. The van der Waals surface area contributed by atoms with Crippen LogP contribution in [0, 0.1) is 12.3 Å². The molecule has 1 saturated heterocycles. The van der Waals surface area contributed by atoms with Crippen LogP contribution in [0.2, 0.25) is 0 Å². The summed E-state index contributed by atoms with van der Waals surface area (Å²) in [5.74, 6) is 0.165.